The van der Waals surface area contributed by atoms with Crippen molar-refractivity contribution < 1.29 is 13.2 Å². The second-order valence-corrected chi connectivity index (χ2v) is 9.20. The number of nitrogens with one attached hydrogen (secondary N) is 2. The zero-order valence-corrected chi connectivity index (χ0v) is 18.3. The van der Waals surface area contributed by atoms with Crippen molar-refractivity contribution in [2.75, 3.05) is 24.6 Å². The van der Waals surface area contributed by atoms with Crippen molar-refractivity contribution in [3.63, 3.8) is 0 Å². The molecule has 0 bridgehead atoms. The molecule has 0 fully saturated rings. The number of hydrogen-bond acceptors (Lipinski definition) is 4. The lowest BCUT2D eigenvalue weighted by Crippen LogP contribution is -2.28. The molecule has 1 aromatic heterocycles. The number of hydrogen-bond donors (Lipinski definition) is 2. The lowest BCUT2D eigenvalue weighted by atomic mass is 10.1. The number of H-pyrrole nitrogens is 1. The zero-order valence-electron chi connectivity index (χ0n) is 16.7. The van der Waals surface area contributed by atoms with E-state index in [2.05, 4.69) is 14.9 Å². The van der Waals surface area contributed by atoms with E-state index in [4.69, 9.17) is 11.6 Å². The molecule has 0 unspecified atom stereocenters. The first-order chi connectivity index (χ1) is 14.2. The summed E-state index contributed by atoms with van der Waals surface area (Å²) in [6.07, 6.45) is 2.53. The van der Waals surface area contributed by atoms with Crippen molar-refractivity contribution in [1.82, 2.24) is 15.1 Å². The van der Waals surface area contributed by atoms with Crippen LogP contribution in [0.2, 0.25) is 5.02 Å². The van der Waals surface area contributed by atoms with Gasteiger partial charge >= 0.3 is 0 Å². The van der Waals surface area contributed by atoms with Gasteiger partial charge in [0.15, 0.2) is 0 Å². The predicted molar refractivity (Wildman–Crippen MR) is 119 cm³/mol. The van der Waals surface area contributed by atoms with Crippen molar-refractivity contribution in [2.24, 2.45) is 0 Å². The first kappa shape index (κ1) is 21.9. The molecule has 0 saturated carbocycles. The lowest BCUT2D eigenvalue weighted by Gasteiger charge is -2.18. The minimum Gasteiger partial charge on any atom is -0.342 e. The molecule has 3 rings (SSSR count). The lowest BCUT2D eigenvalue weighted by molar-refractivity contribution is 0.0793. The SMILES string of the molecule is CN(CCCc1cc(-c2ccccc2)n[nH]1)C(=O)c1ccc(Cl)c(NS(C)(=O)=O)c1. The Morgan fingerprint density at radius 3 is 2.60 bits per heavy atom. The highest BCUT2D eigenvalue weighted by atomic mass is 35.5. The predicted octanol–water partition coefficient (Wildman–Crippen LogP) is 3.81. The van der Waals surface area contributed by atoms with Crippen LogP contribution in [-0.4, -0.2) is 49.3 Å². The average molecular weight is 447 g/mol. The van der Waals surface area contributed by atoms with Gasteiger partial charge in [-0.1, -0.05) is 41.9 Å². The van der Waals surface area contributed by atoms with E-state index in [1.54, 1.807) is 18.0 Å². The summed E-state index contributed by atoms with van der Waals surface area (Å²) in [5.74, 6) is -0.210. The summed E-state index contributed by atoms with van der Waals surface area (Å²) in [5, 5.41) is 7.61. The van der Waals surface area contributed by atoms with Crippen LogP contribution in [0.1, 0.15) is 22.5 Å². The van der Waals surface area contributed by atoms with Crippen LogP contribution in [0.3, 0.4) is 0 Å². The summed E-state index contributed by atoms with van der Waals surface area (Å²) in [5.41, 5.74) is 3.49. The summed E-state index contributed by atoms with van der Waals surface area (Å²) in [7, 11) is -1.78. The molecular weight excluding hydrogens is 424 g/mol. The minimum absolute atomic E-state index is 0.185. The molecule has 9 heteroatoms. The van der Waals surface area contributed by atoms with E-state index < -0.39 is 10.0 Å². The number of nitrogens with zero attached hydrogens (tertiary/aromatic N) is 2. The normalized spacial score (nSPS) is 11.3. The van der Waals surface area contributed by atoms with Gasteiger partial charge in [-0.05, 0) is 37.1 Å². The van der Waals surface area contributed by atoms with Crippen LogP contribution in [0.15, 0.2) is 54.6 Å². The van der Waals surface area contributed by atoms with Crippen LogP contribution in [0.4, 0.5) is 5.69 Å². The number of amides is 1. The van der Waals surface area contributed by atoms with Gasteiger partial charge in [-0.25, -0.2) is 8.42 Å². The number of aromatic amines is 1. The van der Waals surface area contributed by atoms with E-state index in [0.29, 0.717) is 12.1 Å². The van der Waals surface area contributed by atoms with Crippen molar-refractivity contribution in [1.29, 1.82) is 0 Å². The Morgan fingerprint density at radius 2 is 1.90 bits per heavy atom. The molecule has 0 spiro atoms. The van der Waals surface area contributed by atoms with Crippen molar-refractivity contribution in [2.45, 2.75) is 12.8 Å². The molecule has 2 N–H and O–H groups in total. The molecule has 0 saturated heterocycles. The average Bonchev–Trinajstić information content (AvgIpc) is 3.17. The van der Waals surface area contributed by atoms with Gasteiger partial charge in [0.05, 0.1) is 22.7 Å². The summed E-state index contributed by atoms with van der Waals surface area (Å²) < 4.78 is 25.2. The highest BCUT2D eigenvalue weighted by Gasteiger charge is 2.15. The molecule has 1 heterocycles. The number of halogens is 1. The highest BCUT2D eigenvalue weighted by Crippen LogP contribution is 2.24. The molecule has 30 heavy (non-hydrogen) atoms. The number of benzene rings is 2. The smallest absolute Gasteiger partial charge is 0.253 e. The fraction of sp³-hybridized carbons (Fsp3) is 0.238. The summed E-state index contributed by atoms with van der Waals surface area (Å²) in [6, 6.07) is 16.5. The fourth-order valence-corrected chi connectivity index (χ4v) is 3.80. The number of anilines is 1. The van der Waals surface area contributed by atoms with Crippen LogP contribution in [-0.2, 0) is 16.4 Å². The maximum atomic E-state index is 12.7. The summed E-state index contributed by atoms with van der Waals surface area (Å²) in [4.78, 5) is 14.3. The molecule has 3 aromatic rings. The van der Waals surface area contributed by atoms with Crippen molar-refractivity contribution >= 4 is 33.2 Å². The number of rotatable bonds is 8. The fourth-order valence-electron chi connectivity index (χ4n) is 3.01. The molecular formula is C21H23ClN4O3S. The van der Waals surface area contributed by atoms with Crippen LogP contribution < -0.4 is 4.72 Å². The van der Waals surface area contributed by atoms with Gasteiger partial charge in [-0.2, -0.15) is 5.10 Å². The third-order valence-electron chi connectivity index (χ3n) is 4.50. The van der Waals surface area contributed by atoms with Gasteiger partial charge in [-0.3, -0.25) is 14.6 Å². The maximum Gasteiger partial charge on any atom is 0.253 e. The molecule has 0 aliphatic rings. The Balaban J connectivity index is 1.58. The van der Waals surface area contributed by atoms with Crippen LogP contribution >= 0.6 is 11.6 Å². The topological polar surface area (TPSA) is 95.2 Å². The number of aryl methyl sites for hydroxylation is 1. The third-order valence-corrected chi connectivity index (χ3v) is 5.42. The van der Waals surface area contributed by atoms with Gasteiger partial charge in [0.25, 0.3) is 5.91 Å². The Hall–Kier alpha value is -2.84. The molecule has 158 valence electrons. The molecule has 2 aromatic carbocycles. The van der Waals surface area contributed by atoms with E-state index in [9.17, 15) is 13.2 Å². The van der Waals surface area contributed by atoms with E-state index >= 15 is 0 Å². The first-order valence-electron chi connectivity index (χ1n) is 9.35. The van der Waals surface area contributed by atoms with Gasteiger partial charge in [-0.15, -0.1) is 0 Å². The van der Waals surface area contributed by atoms with Crippen LogP contribution in [0, 0.1) is 0 Å². The largest absolute Gasteiger partial charge is 0.342 e. The van der Waals surface area contributed by atoms with Crippen LogP contribution in [0.25, 0.3) is 11.3 Å². The molecule has 0 atom stereocenters. The first-order valence-corrected chi connectivity index (χ1v) is 11.6. The minimum atomic E-state index is -3.49. The Morgan fingerprint density at radius 1 is 1.17 bits per heavy atom. The third kappa shape index (κ3) is 5.84. The van der Waals surface area contributed by atoms with Gasteiger partial charge in [0.1, 0.15) is 0 Å². The van der Waals surface area contributed by atoms with Crippen molar-refractivity contribution in [3.8, 4) is 11.3 Å². The Bertz CT molecular complexity index is 1130. The number of carbonyl (C=O) groups excluding carboxylic acids is 1. The van der Waals surface area contributed by atoms with E-state index in [0.717, 1.165) is 36.0 Å². The number of carbonyl (C=O) groups is 1. The number of aromatic nitrogens is 2. The molecule has 0 radical (unpaired) electrons. The second kappa shape index (κ2) is 9.32. The van der Waals surface area contributed by atoms with E-state index in [1.807, 2.05) is 36.4 Å². The molecule has 7 nitrogen and oxygen atoms in total. The quantitative estimate of drug-likeness (QED) is 0.550. The van der Waals surface area contributed by atoms with Gasteiger partial charge < -0.3 is 4.90 Å². The van der Waals surface area contributed by atoms with Gasteiger partial charge in [0, 0.05) is 30.4 Å². The molecule has 0 aliphatic carbocycles. The van der Waals surface area contributed by atoms with Crippen molar-refractivity contribution in [3.05, 3.63) is 70.9 Å². The Kier molecular flexibility index (Phi) is 6.79. The Labute approximate surface area is 181 Å². The second-order valence-electron chi connectivity index (χ2n) is 7.04. The highest BCUT2D eigenvalue weighted by molar-refractivity contribution is 7.92. The summed E-state index contributed by atoms with van der Waals surface area (Å²) in [6.45, 7) is 0.538. The van der Waals surface area contributed by atoms with E-state index in [-0.39, 0.29) is 16.6 Å². The molecule has 1 amide bonds. The van der Waals surface area contributed by atoms with E-state index in [1.165, 1.54) is 12.1 Å². The standard InChI is InChI=1S/C21H23ClN4O3S/c1-26(21(27)16-10-11-18(22)20(13-16)25-30(2,28)29)12-6-9-17-14-19(24-23-17)15-7-4-3-5-8-15/h3-5,7-8,10-11,13-14,25H,6,9,12H2,1-2H3,(H,23,24). The zero-order chi connectivity index (χ0) is 21.7. The monoisotopic (exact) mass is 446 g/mol. The number of sulfonamides is 1. The summed E-state index contributed by atoms with van der Waals surface area (Å²) >= 11 is 6.02. The van der Waals surface area contributed by atoms with Crippen LogP contribution in [0.5, 0.6) is 0 Å². The van der Waals surface area contributed by atoms with Gasteiger partial charge in [0.2, 0.25) is 10.0 Å². The maximum absolute atomic E-state index is 12.7. The molecule has 0 aliphatic heterocycles.